The first-order valence-corrected chi connectivity index (χ1v) is 9.11. The van der Waals surface area contributed by atoms with E-state index in [0.717, 1.165) is 9.79 Å². The molecule has 3 atom stereocenters. The molecule has 0 saturated heterocycles. The first kappa shape index (κ1) is 14.8. The summed E-state index contributed by atoms with van der Waals surface area (Å²) < 4.78 is 24.1. The molecule has 0 aliphatic heterocycles. The second-order valence-corrected chi connectivity index (χ2v) is 8.58. The molecule has 0 aliphatic carbocycles. The molecule has 0 N–H and O–H groups in total. The third kappa shape index (κ3) is 4.19. The molecule has 0 aromatic heterocycles. The van der Waals surface area contributed by atoms with Crippen molar-refractivity contribution >= 4 is 21.6 Å². The van der Waals surface area contributed by atoms with Crippen molar-refractivity contribution in [1.82, 2.24) is 0 Å². The Morgan fingerprint density at radius 1 is 0.842 bits per heavy atom. The summed E-state index contributed by atoms with van der Waals surface area (Å²) in [5, 5.41) is 0. The Bertz CT molecular complexity index is 573. The maximum absolute atomic E-state index is 12.3. The third-order valence-corrected chi connectivity index (χ3v) is 7.17. The van der Waals surface area contributed by atoms with Gasteiger partial charge in [0, 0.05) is 0 Å². The van der Waals surface area contributed by atoms with Crippen molar-refractivity contribution in [2.75, 3.05) is 5.75 Å². The molecule has 103 valence electrons. The molecule has 0 fully saturated rings. The molecule has 0 amide bonds. The molecule has 2 rings (SSSR count). The normalized spacial score (nSPS) is 15.7. The van der Waals surface area contributed by atoms with Crippen LogP contribution in [0.5, 0.6) is 0 Å². The number of benzene rings is 2. The van der Waals surface area contributed by atoms with Crippen LogP contribution in [-0.4, -0.2) is 17.9 Å². The first-order chi connectivity index (χ1) is 9.18. The van der Waals surface area contributed by atoms with Gasteiger partial charge in [0.05, 0.1) is 0 Å². The van der Waals surface area contributed by atoms with E-state index in [-0.39, 0.29) is 3.72 Å². The fourth-order valence-corrected chi connectivity index (χ4v) is 5.32. The van der Waals surface area contributed by atoms with Crippen LogP contribution in [0.25, 0.3) is 0 Å². The Morgan fingerprint density at radius 3 is 1.84 bits per heavy atom. The maximum atomic E-state index is 12.3. The van der Waals surface area contributed by atoms with Crippen LogP contribution in [0, 0.1) is 0 Å². The van der Waals surface area contributed by atoms with E-state index in [1.54, 1.807) is 0 Å². The van der Waals surface area contributed by atoms with Gasteiger partial charge in [0.25, 0.3) is 0 Å². The standard InChI is InChI=1S/C14H13O2S2.Pd/c15-17(13-7-3-1-4-8-13)11-12-18(16)14-9-5-2-6-10-14;/h1-11H,12H2;. The van der Waals surface area contributed by atoms with Crippen molar-refractivity contribution in [2.45, 2.75) is 13.5 Å². The van der Waals surface area contributed by atoms with Crippen molar-refractivity contribution in [3.05, 3.63) is 60.7 Å². The molecule has 0 spiro atoms. The Balaban J connectivity index is 2.04. The van der Waals surface area contributed by atoms with Crippen LogP contribution in [0.15, 0.2) is 70.5 Å². The van der Waals surface area contributed by atoms with Crippen LogP contribution in [0.1, 0.15) is 0 Å². The zero-order chi connectivity index (χ0) is 13.7. The minimum atomic E-state index is -1.18. The zero-order valence-electron chi connectivity index (χ0n) is 10.0. The van der Waals surface area contributed by atoms with E-state index >= 15 is 0 Å². The molecular weight excluding hydrogens is 371 g/mol. The van der Waals surface area contributed by atoms with Crippen LogP contribution >= 0.6 is 0 Å². The van der Waals surface area contributed by atoms with Crippen molar-refractivity contribution in [2.24, 2.45) is 0 Å². The molecule has 2 nitrogen and oxygen atoms in total. The molecule has 0 aliphatic rings. The van der Waals surface area contributed by atoms with Crippen LogP contribution < -0.4 is 0 Å². The molecule has 5 heteroatoms. The van der Waals surface area contributed by atoms with Gasteiger partial charge in [-0.15, -0.1) is 0 Å². The quantitative estimate of drug-likeness (QED) is 0.743. The Kier molecular flexibility index (Phi) is 5.65. The predicted octanol–water partition coefficient (Wildman–Crippen LogP) is 2.47. The van der Waals surface area contributed by atoms with Gasteiger partial charge in [0.1, 0.15) is 0 Å². The van der Waals surface area contributed by atoms with Crippen molar-refractivity contribution in [1.29, 1.82) is 0 Å². The van der Waals surface area contributed by atoms with Crippen molar-refractivity contribution in [3.8, 4) is 0 Å². The van der Waals surface area contributed by atoms with E-state index in [2.05, 4.69) is 19.2 Å². The van der Waals surface area contributed by atoms with Gasteiger partial charge in [-0.1, -0.05) is 0 Å². The summed E-state index contributed by atoms with van der Waals surface area (Å²) >= 11 is 3.08. The molecule has 3 unspecified atom stereocenters. The summed E-state index contributed by atoms with van der Waals surface area (Å²) in [6.07, 6.45) is 0. The molecule has 0 heterocycles. The van der Waals surface area contributed by atoms with E-state index in [9.17, 15) is 8.42 Å². The molecule has 2 aromatic carbocycles. The van der Waals surface area contributed by atoms with Gasteiger partial charge < -0.3 is 0 Å². The topological polar surface area (TPSA) is 34.1 Å². The van der Waals surface area contributed by atoms with Crippen LogP contribution in [0.2, 0.25) is 0 Å². The second kappa shape index (κ2) is 7.26. The summed E-state index contributed by atoms with van der Waals surface area (Å²) in [4.78, 5) is 1.52. The van der Waals surface area contributed by atoms with Gasteiger partial charge in [-0.05, 0) is 0 Å². The predicted molar refractivity (Wildman–Crippen MR) is 74.4 cm³/mol. The van der Waals surface area contributed by atoms with E-state index in [4.69, 9.17) is 0 Å². The Morgan fingerprint density at radius 2 is 1.32 bits per heavy atom. The Hall–Kier alpha value is -0.598. The van der Waals surface area contributed by atoms with Crippen molar-refractivity contribution in [3.63, 3.8) is 0 Å². The molecular formula is C14H13O2PdS2. The average molecular weight is 384 g/mol. The second-order valence-electron chi connectivity index (χ2n) is 3.81. The summed E-state index contributed by atoms with van der Waals surface area (Å²) in [5.41, 5.74) is 0. The Labute approximate surface area is 128 Å². The molecule has 19 heavy (non-hydrogen) atoms. The van der Waals surface area contributed by atoms with Crippen LogP contribution in [-0.2, 0) is 40.8 Å². The monoisotopic (exact) mass is 383 g/mol. The van der Waals surface area contributed by atoms with Gasteiger partial charge in [-0.3, -0.25) is 0 Å². The van der Waals surface area contributed by atoms with Crippen LogP contribution in [0.3, 0.4) is 0 Å². The van der Waals surface area contributed by atoms with Gasteiger partial charge in [0.15, 0.2) is 0 Å². The summed E-state index contributed by atoms with van der Waals surface area (Å²) in [5.74, 6) is 0.342. The van der Waals surface area contributed by atoms with Crippen molar-refractivity contribution < 1.29 is 27.6 Å². The number of rotatable bonds is 5. The van der Waals surface area contributed by atoms with Gasteiger partial charge >= 0.3 is 129 Å². The van der Waals surface area contributed by atoms with E-state index < -0.39 is 21.6 Å². The third-order valence-electron chi connectivity index (χ3n) is 2.47. The SMILES string of the molecule is O=S(C[CH]([Pd])S(=O)c1ccccc1)c1ccccc1. The fraction of sp³-hybridized carbons (Fsp3) is 0.143. The fourth-order valence-electron chi connectivity index (χ4n) is 1.53. The van der Waals surface area contributed by atoms with Gasteiger partial charge in [-0.2, -0.15) is 0 Å². The minimum absolute atomic E-state index is 0.286. The van der Waals surface area contributed by atoms with Gasteiger partial charge in [-0.25, -0.2) is 0 Å². The molecule has 2 aromatic rings. The van der Waals surface area contributed by atoms with E-state index in [1.165, 1.54) is 0 Å². The molecule has 0 radical (unpaired) electrons. The molecule has 0 saturated carbocycles. The number of hydrogen-bond acceptors (Lipinski definition) is 2. The summed E-state index contributed by atoms with van der Waals surface area (Å²) in [6.45, 7) is 0. The van der Waals surface area contributed by atoms with Gasteiger partial charge in [0.2, 0.25) is 0 Å². The van der Waals surface area contributed by atoms with Crippen LogP contribution in [0.4, 0.5) is 0 Å². The zero-order valence-corrected chi connectivity index (χ0v) is 13.2. The number of hydrogen-bond donors (Lipinski definition) is 0. The molecule has 0 bridgehead atoms. The van der Waals surface area contributed by atoms with E-state index in [0.29, 0.717) is 5.75 Å². The average Bonchev–Trinajstić information content (AvgIpc) is 2.48. The summed E-state index contributed by atoms with van der Waals surface area (Å²) in [7, 11) is -2.32. The van der Waals surface area contributed by atoms with E-state index in [1.807, 2.05) is 60.7 Å². The first-order valence-electron chi connectivity index (χ1n) is 5.68. The summed E-state index contributed by atoms with van der Waals surface area (Å²) in [6, 6.07) is 18.5.